The van der Waals surface area contributed by atoms with E-state index in [2.05, 4.69) is 0 Å². The van der Waals surface area contributed by atoms with Gasteiger partial charge in [-0.25, -0.2) is 0 Å². The van der Waals surface area contributed by atoms with Crippen LogP contribution in [-0.4, -0.2) is 12.0 Å². The lowest BCUT2D eigenvalue weighted by atomic mass is 9.95. The van der Waals surface area contributed by atoms with Crippen LogP contribution in [-0.2, 0) is 9.53 Å². The van der Waals surface area contributed by atoms with Crippen LogP contribution in [0.15, 0.2) is 11.3 Å². The number of hydrogen-bond donors (Lipinski definition) is 1. The zero-order valence-electron chi connectivity index (χ0n) is 6.30. The lowest BCUT2D eigenvalue weighted by Gasteiger charge is -2.10. The monoisotopic (exact) mass is 153 g/mol. The summed E-state index contributed by atoms with van der Waals surface area (Å²) in [4.78, 5) is 11.2. The summed E-state index contributed by atoms with van der Waals surface area (Å²) in [7, 11) is 0. The summed E-state index contributed by atoms with van der Waals surface area (Å²) >= 11 is 0. The van der Waals surface area contributed by atoms with E-state index in [1.165, 1.54) is 0 Å². The predicted molar refractivity (Wildman–Crippen MR) is 39.6 cm³/mol. The Bertz CT molecular complexity index is 232. The largest absolute Gasteiger partial charge is 0.479 e. The molecule has 1 heterocycles. The molecule has 1 atom stereocenters. The highest BCUT2D eigenvalue weighted by molar-refractivity contribution is 5.97. The van der Waals surface area contributed by atoms with E-state index in [0.29, 0.717) is 12.8 Å². The van der Waals surface area contributed by atoms with Gasteiger partial charge in [0.25, 0.3) is 0 Å². The predicted octanol–water partition coefficient (Wildman–Crippen LogP) is 0.699. The van der Waals surface area contributed by atoms with Gasteiger partial charge in [-0.2, -0.15) is 0 Å². The van der Waals surface area contributed by atoms with Crippen LogP contribution in [0, 0.1) is 0 Å². The molecule has 2 rings (SSSR count). The molecule has 0 spiro atoms. The summed E-state index contributed by atoms with van der Waals surface area (Å²) < 4.78 is 5.27. The number of rotatable bonds is 0. The van der Waals surface area contributed by atoms with E-state index in [-0.39, 0.29) is 12.0 Å². The SMILES string of the molecule is NC1CC2=C(CCCC2=O)O1. The summed E-state index contributed by atoms with van der Waals surface area (Å²) in [6.45, 7) is 0. The molecule has 0 fully saturated rings. The van der Waals surface area contributed by atoms with Crippen LogP contribution in [0.5, 0.6) is 0 Å². The van der Waals surface area contributed by atoms with E-state index >= 15 is 0 Å². The molecule has 0 saturated heterocycles. The summed E-state index contributed by atoms with van der Waals surface area (Å²) in [5.74, 6) is 1.09. The molecule has 2 aliphatic rings. The molecule has 2 N–H and O–H groups in total. The highest BCUT2D eigenvalue weighted by Gasteiger charge is 2.29. The van der Waals surface area contributed by atoms with Crippen LogP contribution in [0.2, 0.25) is 0 Å². The zero-order chi connectivity index (χ0) is 7.84. The number of ether oxygens (including phenoxy) is 1. The average molecular weight is 153 g/mol. The summed E-state index contributed by atoms with van der Waals surface area (Å²) in [5, 5.41) is 0. The van der Waals surface area contributed by atoms with Gasteiger partial charge in [-0.05, 0) is 6.42 Å². The first-order chi connectivity index (χ1) is 5.27. The second-order valence-electron chi connectivity index (χ2n) is 3.04. The Morgan fingerprint density at radius 1 is 1.45 bits per heavy atom. The van der Waals surface area contributed by atoms with E-state index < -0.39 is 0 Å². The van der Waals surface area contributed by atoms with Gasteiger partial charge in [0.05, 0.1) is 0 Å². The Morgan fingerprint density at radius 3 is 3.00 bits per heavy atom. The minimum atomic E-state index is -0.262. The van der Waals surface area contributed by atoms with Gasteiger partial charge in [-0.3, -0.25) is 10.5 Å². The van der Waals surface area contributed by atoms with Crippen molar-refractivity contribution in [3.8, 4) is 0 Å². The lowest BCUT2D eigenvalue weighted by Crippen LogP contribution is -2.18. The molecule has 1 unspecified atom stereocenters. The topological polar surface area (TPSA) is 52.3 Å². The van der Waals surface area contributed by atoms with Crippen LogP contribution in [0.1, 0.15) is 25.7 Å². The first-order valence-corrected chi connectivity index (χ1v) is 3.95. The number of ketones is 1. The van der Waals surface area contributed by atoms with Gasteiger partial charge in [-0.1, -0.05) is 0 Å². The van der Waals surface area contributed by atoms with E-state index in [4.69, 9.17) is 10.5 Å². The van der Waals surface area contributed by atoms with E-state index in [1.807, 2.05) is 0 Å². The highest BCUT2D eigenvalue weighted by Crippen LogP contribution is 2.31. The maximum absolute atomic E-state index is 11.2. The fourth-order valence-corrected chi connectivity index (χ4v) is 1.65. The normalized spacial score (nSPS) is 30.3. The van der Waals surface area contributed by atoms with Crippen LogP contribution < -0.4 is 5.73 Å². The minimum absolute atomic E-state index is 0.235. The Labute approximate surface area is 65.2 Å². The molecule has 0 bridgehead atoms. The van der Waals surface area contributed by atoms with Gasteiger partial charge in [0.15, 0.2) is 12.0 Å². The van der Waals surface area contributed by atoms with Crippen LogP contribution >= 0.6 is 0 Å². The molecule has 1 aliphatic carbocycles. The molecule has 0 radical (unpaired) electrons. The van der Waals surface area contributed by atoms with E-state index in [1.54, 1.807) is 0 Å². The van der Waals surface area contributed by atoms with E-state index in [0.717, 1.165) is 24.2 Å². The molecule has 0 amide bonds. The molecule has 60 valence electrons. The van der Waals surface area contributed by atoms with Gasteiger partial charge in [0.1, 0.15) is 5.76 Å². The molecule has 0 aromatic carbocycles. The molecule has 0 saturated carbocycles. The smallest absolute Gasteiger partial charge is 0.162 e. The third-order valence-electron chi connectivity index (χ3n) is 2.18. The van der Waals surface area contributed by atoms with Crippen molar-refractivity contribution < 1.29 is 9.53 Å². The fraction of sp³-hybridized carbons (Fsp3) is 0.625. The highest BCUT2D eigenvalue weighted by atomic mass is 16.5. The van der Waals surface area contributed by atoms with Crippen molar-refractivity contribution in [1.82, 2.24) is 0 Å². The number of carbonyl (C=O) groups excluding carboxylic acids is 1. The maximum Gasteiger partial charge on any atom is 0.162 e. The molecule has 0 aromatic rings. The fourth-order valence-electron chi connectivity index (χ4n) is 1.65. The molecule has 0 aromatic heterocycles. The summed E-state index contributed by atoms with van der Waals surface area (Å²) in [6.07, 6.45) is 2.85. The number of hydrogen-bond acceptors (Lipinski definition) is 3. The second-order valence-corrected chi connectivity index (χ2v) is 3.04. The minimum Gasteiger partial charge on any atom is -0.479 e. The molecule has 1 aliphatic heterocycles. The maximum atomic E-state index is 11.2. The first kappa shape index (κ1) is 6.85. The average Bonchev–Trinajstić information content (AvgIpc) is 2.31. The van der Waals surface area contributed by atoms with Crippen molar-refractivity contribution in [2.45, 2.75) is 31.9 Å². The Morgan fingerprint density at radius 2 is 2.27 bits per heavy atom. The molecular weight excluding hydrogens is 142 g/mol. The molecule has 11 heavy (non-hydrogen) atoms. The zero-order valence-corrected chi connectivity index (χ0v) is 6.30. The van der Waals surface area contributed by atoms with Gasteiger partial charge in [-0.15, -0.1) is 0 Å². The van der Waals surface area contributed by atoms with Crippen molar-refractivity contribution >= 4 is 5.78 Å². The number of allylic oxidation sites excluding steroid dienone is 1. The van der Waals surface area contributed by atoms with Crippen LogP contribution in [0.4, 0.5) is 0 Å². The summed E-state index contributed by atoms with van der Waals surface area (Å²) in [6, 6.07) is 0. The van der Waals surface area contributed by atoms with Gasteiger partial charge >= 0.3 is 0 Å². The van der Waals surface area contributed by atoms with Crippen molar-refractivity contribution in [2.24, 2.45) is 5.73 Å². The lowest BCUT2D eigenvalue weighted by molar-refractivity contribution is -0.116. The molecule has 3 heteroatoms. The number of carbonyl (C=O) groups is 1. The number of Topliss-reactive ketones (excluding diaryl/α,β-unsaturated/α-hetero) is 1. The van der Waals surface area contributed by atoms with Gasteiger partial charge in [0.2, 0.25) is 0 Å². The number of nitrogens with two attached hydrogens (primary N) is 1. The van der Waals surface area contributed by atoms with E-state index in [9.17, 15) is 4.79 Å². The standard InChI is InChI=1S/C8H11NO2/c9-8-4-5-6(10)2-1-3-7(5)11-8/h8H,1-4,9H2. The third kappa shape index (κ3) is 1.05. The second kappa shape index (κ2) is 2.34. The Balaban J connectivity index is 2.25. The van der Waals surface area contributed by atoms with Crippen molar-refractivity contribution in [2.75, 3.05) is 0 Å². The first-order valence-electron chi connectivity index (χ1n) is 3.95. The van der Waals surface area contributed by atoms with Crippen molar-refractivity contribution in [1.29, 1.82) is 0 Å². The van der Waals surface area contributed by atoms with Gasteiger partial charge < -0.3 is 4.74 Å². The summed E-state index contributed by atoms with van der Waals surface area (Å²) in [5.41, 5.74) is 6.39. The van der Waals surface area contributed by atoms with Crippen LogP contribution in [0.25, 0.3) is 0 Å². The Kier molecular flexibility index (Phi) is 1.46. The molecular formula is C8H11NO2. The molecule has 3 nitrogen and oxygen atoms in total. The van der Waals surface area contributed by atoms with Crippen molar-refractivity contribution in [3.63, 3.8) is 0 Å². The van der Waals surface area contributed by atoms with Crippen molar-refractivity contribution in [3.05, 3.63) is 11.3 Å². The Hall–Kier alpha value is -0.830. The quantitative estimate of drug-likeness (QED) is 0.557. The van der Waals surface area contributed by atoms with Gasteiger partial charge in [0, 0.05) is 24.8 Å². The third-order valence-corrected chi connectivity index (χ3v) is 2.18. The van der Waals surface area contributed by atoms with Crippen LogP contribution in [0.3, 0.4) is 0 Å².